The van der Waals surface area contributed by atoms with Crippen LogP contribution < -0.4 is 15.2 Å². The lowest BCUT2D eigenvalue weighted by Gasteiger charge is -2.17. The normalized spacial score (nSPS) is 10.8. The van der Waals surface area contributed by atoms with Gasteiger partial charge in [0, 0.05) is 12.5 Å². The number of benzene rings is 1. The van der Waals surface area contributed by atoms with Gasteiger partial charge in [-0.2, -0.15) is 9.66 Å². The number of pyridine rings is 1. The van der Waals surface area contributed by atoms with Crippen LogP contribution in [0.15, 0.2) is 53.5 Å². The molecule has 2 aromatic heterocycles. The van der Waals surface area contributed by atoms with Crippen LogP contribution in [0.25, 0.3) is 16.8 Å². The highest BCUT2D eigenvalue weighted by molar-refractivity contribution is 5.67. The van der Waals surface area contributed by atoms with Crippen LogP contribution in [0.3, 0.4) is 0 Å². The first-order valence-corrected chi connectivity index (χ1v) is 8.81. The van der Waals surface area contributed by atoms with E-state index in [4.69, 9.17) is 5.26 Å². The lowest BCUT2D eigenvalue weighted by Crippen LogP contribution is -2.44. The van der Waals surface area contributed by atoms with E-state index >= 15 is 0 Å². The molecule has 0 aliphatic rings. The molecule has 0 saturated heterocycles. The molecule has 0 aliphatic carbocycles. The minimum absolute atomic E-state index is 0.203. The van der Waals surface area contributed by atoms with E-state index in [-0.39, 0.29) is 17.0 Å². The van der Waals surface area contributed by atoms with Crippen molar-refractivity contribution in [2.45, 2.75) is 39.2 Å². The second-order valence-electron chi connectivity index (χ2n) is 6.40. The van der Waals surface area contributed by atoms with Crippen LogP contribution in [0.5, 0.6) is 5.88 Å². The highest BCUT2D eigenvalue weighted by Gasteiger charge is 2.19. The summed E-state index contributed by atoms with van der Waals surface area (Å²) in [7, 11) is 0. The number of hydrogen-bond donors (Lipinski definition) is 0. The average Bonchev–Trinajstić information content (AvgIpc) is 2.64. The van der Waals surface area contributed by atoms with Crippen LogP contribution in [0.2, 0.25) is 0 Å². The third kappa shape index (κ3) is 3.45. The maximum atomic E-state index is 13.1. The summed E-state index contributed by atoms with van der Waals surface area (Å²) in [5, 5.41) is 21.8. The minimum Gasteiger partial charge on any atom is -0.842 e. The monoisotopic (exact) mass is 347 g/mol. The van der Waals surface area contributed by atoms with Crippen molar-refractivity contribution in [3.8, 4) is 23.1 Å². The Kier molecular flexibility index (Phi) is 5.33. The van der Waals surface area contributed by atoms with Gasteiger partial charge in [0.25, 0.3) is 5.65 Å². The molecule has 3 aromatic rings. The van der Waals surface area contributed by atoms with Crippen molar-refractivity contribution in [1.82, 2.24) is 4.40 Å². The molecule has 2 heterocycles. The molecule has 0 saturated carbocycles. The van der Waals surface area contributed by atoms with Crippen LogP contribution >= 0.6 is 0 Å². The molecule has 5 nitrogen and oxygen atoms in total. The van der Waals surface area contributed by atoms with E-state index in [9.17, 15) is 9.90 Å². The molecule has 0 radical (unpaired) electrons. The zero-order valence-corrected chi connectivity index (χ0v) is 14.8. The summed E-state index contributed by atoms with van der Waals surface area (Å²) < 4.78 is 3.21. The summed E-state index contributed by atoms with van der Waals surface area (Å²) in [5.74, 6) is -0.257. The van der Waals surface area contributed by atoms with Gasteiger partial charge in [-0.15, -0.1) is 0 Å². The Morgan fingerprint density at radius 1 is 1.15 bits per heavy atom. The molecule has 0 atom stereocenters. The highest BCUT2D eigenvalue weighted by atomic mass is 16.3. The van der Waals surface area contributed by atoms with E-state index in [2.05, 4.69) is 6.07 Å². The van der Waals surface area contributed by atoms with Crippen LogP contribution in [0.4, 0.5) is 0 Å². The van der Waals surface area contributed by atoms with Gasteiger partial charge in [0.15, 0.2) is 0 Å². The Labute approximate surface area is 152 Å². The van der Waals surface area contributed by atoms with Crippen molar-refractivity contribution in [3.63, 3.8) is 0 Å². The van der Waals surface area contributed by atoms with Crippen molar-refractivity contribution in [2.75, 3.05) is 0 Å². The van der Waals surface area contributed by atoms with E-state index in [1.807, 2.05) is 31.2 Å². The van der Waals surface area contributed by atoms with E-state index < -0.39 is 0 Å². The summed E-state index contributed by atoms with van der Waals surface area (Å²) in [6.45, 7) is 2.47. The summed E-state index contributed by atoms with van der Waals surface area (Å²) in [5.41, 5.74) is 2.16. The van der Waals surface area contributed by atoms with Gasteiger partial charge in [0.1, 0.15) is 5.56 Å². The summed E-state index contributed by atoms with van der Waals surface area (Å²) in [6.07, 6.45) is 4.71. The van der Waals surface area contributed by atoms with E-state index in [1.165, 1.54) is 4.40 Å². The zero-order chi connectivity index (χ0) is 18.5. The first-order valence-electron chi connectivity index (χ1n) is 8.81. The smallest absolute Gasteiger partial charge is 0.349 e. The lowest BCUT2D eigenvalue weighted by atomic mass is 10.1. The first-order chi connectivity index (χ1) is 12.6. The van der Waals surface area contributed by atoms with Gasteiger partial charge in [-0.05, 0) is 37.8 Å². The number of hydrogen-bond acceptors (Lipinski definition) is 3. The Bertz CT molecular complexity index is 1030. The largest absolute Gasteiger partial charge is 0.842 e. The predicted octanol–water partition coefficient (Wildman–Crippen LogP) is 2.72. The zero-order valence-electron chi connectivity index (χ0n) is 14.8. The maximum Gasteiger partial charge on any atom is 0.349 e. The summed E-state index contributed by atoms with van der Waals surface area (Å²) >= 11 is 0. The highest BCUT2D eigenvalue weighted by Crippen LogP contribution is 2.22. The number of unbranched alkanes of at least 4 members (excludes halogenated alkanes) is 3. The van der Waals surface area contributed by atoms with Crippen molar-refractivity contribution < 1.29 is 9.67 Å². The van der Waals surface area contributed by atoms with Crippen LogP contribution in [-0.2, 0) is 6.54 Å². The molecule has 0 fully saturated rings. The number of rotatable bonds is 6. The Morgan fingerprint density at radius 3 is 2.77 bits per heavy atom. The summed E-state index contributed by atoms with van der Waals surface area (Å²) in [4.78, 5) is 12.9. The van der Waals surface area contributed by atoms with Crippen LogP contribution in [0, 0.1) is 18.3 Å². The van der Waals surface area contributed by atoms with Crippen LogP contribution in [0.1, 0.15) is 31.2 Å². The number of nitrogens with zero attached hydrogens (tertiary/aromatic N) is 3. The maximum absolute atomic E-state index is 13.1. The number of nitriles is 1. The topological polar surface area (TPSA) is 72.2 Å². The molecule has 26 heavy (non-hydrogen) atoms. The molecular weight excluding hydrogens is 326 g/mol. The van der Waals surface area contributed by atoms with Gasteiger partial charge >= 0.3 is 5.56 Å². The molecule has 0 unspecified atom stereocenters. The fourth-order valence-electron chi connectivity index (χ4n) is 3.19. The van der Waals surface area contributed by atoms with Gasteiger partial charge < -0.3 is 5.11 Å². The van der Waals surface area contributed by atoms with E-state index in [0.717, 1.165) is 24.8 Å². The predicted molar refractivity (Wildman–Crippen MR) is 97.6 cm³/mol. The Balaban J connectivity index is 2.11. The van der Waals surface area contributed by atoms with Gasteiger partial charge in [0.2, 0.25) is 0 Å². The Morgan fingerprint density at radius 2 is 2.00 bits per heavy atom. The van der Waals surface area contributed by atoms with Crippen LogP contribution in [-0.4, -0.2) is 4.40 Å². The van der Waals surface area contributed by atoms with E-state index in [0.29, 0.717) is 24.2 Å². The average molecular weight is 347 g/mol. The van der Waals surface area contributed by atoms with Crippen molar-refractivity contribution in [3.05, 3.63) is 64.6 Å². The number of fused-ring (bicyclic) bond motifs is 1. The molecule has 0 bridgehead atoms. The van der Waals surface area contributed by atoms with Gasteiger partial charge in [-0.25, -0.2) is 9.36 Å². The Hall–Kier alpha value is -3.13. The first kappa shape index (κ1) is 17.7. The molecular formula is C21H21N3O2. The van der Waals surface area contributed by atoms with Gasteiger partial charge in [-0.1, -0.05) is 35.9 Å². The fraction of sp³-hybridized carbons (Fsp3) is 0.286. The van der Waals surface area contributed by atoms with Gasteiger partial charge in [-0.3, -0.25) is 0 Å². The molecule has 3 rings (SSSR count). The molecule has 5 heteroatoms. The molecule has 0 N–H and O–H groups in total. The standard InChI is InChI=1S/C21H21N3O2/c1-16-9-8-10-17(15-16)19-20(25)23(13-6-3-2-5-12-22)18-11-4-7-14-24(18)21(19)26/h4,7-11,14-15H,2-3,5-6,13H2,1H3. The van der Waals surface area contributed by atoms with E-state index in [1.54, 1.807) is 29.0 Å². The SMILES string of the molecule is Cc1cccc(-c2c([O-])[n+](CCCCCC#N)c3ccccn3c2=O)c1. The fourth-order valence-corrected chi connectivity index (χ4v) is 3.19. The third-order valence-corrected chi connectivity index (χ3v) is 4.48. The summed E-state index contributed by atoms with van der Waals surface area (Å²) in [6, 6.07) is 15.0. The number of aromatic nitrogens is 2. The molecule has 0 amide bonds. The molecule has 1 aromatic carbocycles. The second-order valence-corrected chi connectivity index (χ2v) is 6.40. The quantitative estimate of drug-likeness (QED) is 0.508. The van der Waals surface area contributed by atoms with Crippen molar-refractivity contribution in [1.29, 1.82) is 5.26 Å². The minimum atomic E-state index is -0.295. The lowest BCUT2D eigenvalue weighted by molar-refractivity contribution is -0.716. The second kappa shape index (κ2) is 7.83. The molecule has 0 spiro atoms. The van der Waals surface area contributed by atoms with Crippen molar-refractivity contribution >= 4 is 5.65 Å². The molecule has 0 aliphatic heterocycles. The van der Waals surface area contributed by atoms with Gasteiger partial charge in [0.05, 0.1) is 24.7 Å². The number of aryl methyl sites for hydroxylation is 2. The molecule has 132 valence electrons. The third-order valence-electron chi connectivity index (χ3n) is 4.48. The van der Waals surface area contributed by atoms with Crippen molar-refractivity contribution in [2.24, 2.45) is 0 Å².